The first-order valence-corrected chi connectivity index (χ1v) is 13.8. The quantitative estimate of drug-likeness (QED) is 0.125. The lowest BCUT2D eigenvalue weighted by Crippen LogP contribution is -2.28. The first-order chi connectivity index (χ1) is 18.1. The molecule has 0 radical (unpaired) electrons. The van der Waals surface area contributed by atoms with Crippen molar-refractivity contribution in [1.82, 2.24) is 9.30 Å². The third kappa shape index (κ3) is 7.03. The van der Waals surface area contributed by atoms with Crippen LogP contribution in [0.25, 0.3) is 16.6 Å². The number of pyridine rings is 1. The number of rotatable bonds is 14. The average molecular weight is 517 g/mol. The second kappa shape index (κ2) is 13.5. The molecule has 0 N–H and O–H groups in total. The number of ketones is 1. The van der Waals surface area contributed by atoms with Crippen LogP contribution in [0.4, 0.5) is 0 Å². The van der Waals surface area contributed by atoms with Crippen LogP contribution in [0, 0.1) is 0 Å². The van der Waals surface area contributed by atoms with Gasteiger partial charge >= 0.3 is 0 Å². The summed E-state index contributed by atoms with van der Waals surface area (Å²) >= 11 is 6.11. The van der Waals surface area contributed by atoms with E-state index in [4.69, 9.17) is 16.3 Å². The first kappa shape index (κ1) is 27.0. The van der Waals surface area contributed by atoms with Crippen molar-refractivity contribution >= 4 is 22.9 Å². The smallest absolute Gasteiger partial charge is 0.210 e. The van der Waals surface area contributed by atoms with Gasteiger partial charge in [0.05, 0.1) is 6.61 Å². The third-order valence-electron chi connectivity index (χ3n) is 6.71. The summed E-state index contributed by atoms with van der Waals surface area (Å²) in [5.41, 5.74) is 4.11. The van der Waals surface area contributed by atoms with E-state index in [-0.39, 0.29) is 5.78 Å². The van der Waals surface area contributed by atoms with E-state index < -0.39 is 0 Å². The molecule has 0 atom stereocenters. The van der Waals surface area contributed by atoms with Crippen molar-refractivity contribution in [3.05, 3.63) is 95.3 Å². The number of unbranched alkanes of at least 4 members (excludes halogenated alkanes) is 2. The summed E-state index contributed by atoms with van der Waals surface area (Å²) in [6.07, 6.45) is 7.88. The van der Waals surface area contributed by atoms with Crippen LogP contribution in [0.1, 0.15) is 62.0 Å². The molecule has 194 valence electrons. The highest BCUT2D eigenvalue weighted by molar-refractivity contribution is 6.30. The van der Waals surface area contributed by atoms with Crippen molar-refractivity contribution in [2.24, 2.45) is 0 Å². The third-order valence-corrected chi connectivity index (χ3v) is 6.96. The average Bonchev–Trinajstić information content (AvgIpc) is 3.32. The molecule has 4 rings (SSSR count). The second-order valence-corrected chi connectivity index (χ2v) is 9.95. The molecule has 37 heavy (non-hydrogen) atoms. The Hall–Kier alpha value is -3.08. The largest absolute Gasteiger partial charge is 0.494 e. The van der Waals surface area contributed by atoms with Gasteiger partial charge in [-0.1, -0.05) is 56.5 Å². The molecule has 0 bridgehead atoms. The van der Waals surface area contributed by atoms with Crippen molar-refractivity contribution < 1.29 is 9.53 Å². The molecule has 0 fully saturated rings. The molecule has 0 saturated carbocycles. The van der Waals surface area contributed by atoms with Crippen LogP contribution in [-0.4, -0.2) is 41.3 Å². The molecule has 0 amide bonds. The summed E-state index contributed by atoms with van der Waals surface area (Å²) in [4.78, 5) is 16.3. The predicted molar refractivity (Wildman–Crippen MR) is 154 cm³/mol. The number of hydrogen-bond donors (Lipinski definition) is 0. The zero-order valence-corrected chi connectivity index (χ0v) is 22.7. The lowest BCUT2D eigenvalue weighted by molar-refractivity contribution is 0.103. The molecule has 0 unspecified atom stereocenters. The van der Waals surface area contributed by atoms with Crippen LogP contribution in [0.5, 0.6) is 5.75 Å². The highest BCUT2D eigenvalue weighted by Gasteiger charge is 2.20. The van der Waals surface area contributed by atoms with Crippen LogP contribution in [0.15, 0.2) is 79.0 Å². The van der Waals surface area contributed by atoms with Gasteiger partial charge in [-0.25, -0.2) is 0 Å². The lowest BCUT2D eigenvalue weighted by atomic mass is 10.0. The number of benzene rings is 2. The first-order valence-electron chi connectivity index (χ1n) is 13.5. The zero-order valence-electron chi connectivity index (χ0n) is 22.0. The topological polar surface area (TPSA) is 34.0 Å². The molecule has 5 heteroatoms. The van der Waals surface area contributed by atoms with Gasteiger partial charge in [0.25, 0.3) is 0 Å². The number of fused-ring (bicyclic) bond motifs is 1. The molecule has 0 aliphatic heterocycles. The van der Waals surface area contributed by atoms with Crippen LogP contribution >= 0.6 is 11.6 Å². The van der Waals surface area contributed by atoms with Gasteiger partial charge in [0.15, 0.2) is 0 Å². The molecular formula is C32H37ClN2O2. The summed E-state index contributed by atoms with van der Waals surface area (Å²) in [6, 6.07) is 23.1. The number of halogens is 1. The number of carbonyl (C=O) groups excluding carboxylic acids is 1. The Morgan fingerprint density at radius 2 is 1.54 bits per heavy atom. The summed E-state index contributed by atoms with van der Waals surface area (Å²) in [6.45, 7) is 8.55. The summed E-state index contributed by atoms with van der Waals surface area (Å²) < 4.78 is 7.97. The van der Waals surface area contributed by atoms with E-state index >= 15 is 0 Å². The molecule has 2 heterocycles. The number of nitrogens with zero attached hydrogens (tertiary/aromatic N) is 2. The highest BCUT2D eigenvalue weighted by Crippen LogP contribution is 2.31. The summed E-state index contributed by atoms with van der Waals surface area (Å²) in [7, 11) is 0. The van der Waals surface area contributed by atoms with Gasteiger partial charge in [0.2, 0.25) is 5.78 Å². The van der Waals surface area contributed by atoms with Gasteiger partial charge in [-0.2, -0.15) is 0 Å². The Morgan fingerprint density at radius 1 is 0.865 bits per heavy atom. The Kier molecular flexibility index (Phi) is 9.81. The van der Waals surface area contributed by atoms with Crippen molar-refractivity contribution in [3.63, 3.8) is 0 Å². The maximum atomic E-state index is 13.7. The number of aromatic nitrogens is 1. The van der Waals surface area contributed by atoms with E-state index in [0.29, 0.717) is 22.9 Å². The second-order valence-electron chi connectivity index (χ2n) is 9.51. The molecule has 4 aromatic rings. The highest BCUT2D eigenvalue weighted by atomic mass is 35.5. The fourth-order valence-corrected chi connectivity index (χ4v) is 4.75. The monoisotopic (exact) mass is 516 g/mol. The molecule has 2 aromatic carbocycles. The van der Waals surface area contributed by atoms with Crippen molar-refractivity contribution in [2.45, 2.75) is 46.0 Å². The normalized spacial score (nSPS) is 11.4. The molecule has 0 aliphatic carbocycles. The predicted octanol–water partition coefficient (Wildman–Crippen LogP) is 8.16. The Labute approximate surface area is 225 Å². The standard InChI is InChI=1S/C32H37ClN2O2/c1-3-5-19-34(20-6-4-2)21-9-23-37-29-17-13-26(14-18-29)32(36)31-30(25-11-15-27(33)16-12-25)24-28-10-7-8-22-35(28)31/h7-8,10-18,22,24H,3-6,9,19-21,23H2,1-2H3. The Bertz CT molecular complexity index is 1270. The molecule has 2 aromatic heterocycles. The molecule has 0 saturated heterocycles. The van der Waals surface area contributed by atoms with Crippen LogP contribution < -0.4 is 4.74 Å². The van der Waals surface area contributed by atoms with Crippen molar-refractivity contribution in [2.75, 3.05) is 26.2 Å². The van der Waals surface area contributed by atoms with Gasteiger partial charge < -0.3 is 14.0 Å². The fourth-order valence-electron chi connectivity index (χ4n) is 4.62. The minimum atomic E-state index is -0.0230. The molecule has 0 spiro atoms. The molecule has 0 aliphatic rings. The number of carbonyl (C=O) groups is 1. The van der Waals surface area contributed by atoms with Gasteiger partial charge in [0.1, 0.15) is 11.4 Å². The molecular weight excluding hydrogens is 480 g/mol. The van der Waals surface area contributed by atoms with Crippen LogP contribution in [-0.2, 0) is 0 Å². The summed E-state index contributed by atoms with van der Waals surface area (Å²) in [5, 5.41) is 0.672. The van der Waals surface area contributed by atoms with E-state index in [1.807, 2.05) is 77.3 Å². The SMILES string of the molecule is CCCCN(CCCC)CCCOc1ccc(C(=O)c2c(-c3ccc(Cl)cc3)cc3ccccn23)cc1. The van der Waals surface area contributed by atoms with Gasteiger partial charge in [-0.15, -0.1) is 0 Å². The van der Waals surface area contributed by atoms with Gasteiger partial charge in [-0.05, 0) is 92.5 Å². The van der Waals surface area contributed by atoms with Gasteiger partial charge in [-0.3, -0.25) is 4.79 Å². The maximum absolute atomic E-state index is 13.7. The van der Waals surface area contributed by atoms with E-state index in [1.54, 1.807) is 0 Å². The maximum Gasteiger partial charge on any atom is 0.210 e. The summed E-state index contributed by atoms with van der Waals surface area (Å²) in [5.74, 6) is 0.772. The van der Waals surface area contributed by atoms with E-state index in [1.165, 1.54) is 38.8 Å². The van der Waals surface area contributed by atoms with Gasteiger partial charge in [0, 0.05) is 34.4 Å². The minimum absolute atomic E-state index is 0.0230. The fraction of sp³-hybridized carbons (Fsp3) is 0.344. The minimum Gasteiger partial charge on any atom is -0.494 e. The lowest BCUT2D eigenvalue weighted by Gasteiger charge is -2.21. The van der Waals surface area contributed by atoms with E-state index in [9.17, 15) is 4.79 Å². The zero-order chi connectivity index (χ0) is 26.0. The van der Waals surface area contributed by atoms with Crippen molar-refractivity contribution in [1.29, 1.82) is 0 Å². The van der Waals surface area contributed by atoms with Crippen molar-refractivity contribution in [3.8, 4) is 16.9 Å². The molecule has 4 nitrogen and oxygen atoms in total. The number of ether oxygens (including phenoxy) is 1. The number of hydrogen-bond acceptors (Lipinski definition) is 3. The Morgan fingerprint density at radius 3 is 2.22 bits per heavy atom. The Balaban J connectivity index is 1.44. The van der Waals surface area contributed by atoms with Crippen LogP contribution in [0.3, 0.4) is 0 Å². The van der Waals surface area contributed by atoms with E-state index in [2.05, 4.69) is 24.8 Å². The van der Waals surface area contributed by atoms with Crippen LogP contribution in [0.2, 0.25) is 5.02 Å². The van der Waals surface area contributed by atoms with E-state index in [0.717, 1.165) is 35.4 Å².